The quantitative estimate of drug-likeness (QED) is 0.639. The van der Waals surface area contributed by atoms with Gasteiger partial charge in [0.05, 0.1) is 36.4 Å². The molecule has 3 N–H and O–H groups in total. The minimum absolute atomic E-state index is 0.0409. The monoisotopic (exact) mass is 378 g/mol. The number of methoxy groups -OCH3 is 1. The van der Waals surface area contributed by atoms with Gasteiger partial charge in [-0.15, -0.1) is 0 Å². The van der Waals surface area contributed by atoms with Crippen LogP contribution in [-0.4, -0.2) is 35.6 Å². The number of H-pyrrole nitrogens is 1. The number of ether oxygens (including phenoxy) is 2. The summed E-state index contributed by atoms with van der Waals surface area (Å²) < 4.78 is 9.97. The van der Waals surface area contributed by atoms with E-state index in [9.17, 15) is 9.59 Å². The first kappa shape index (κ1) is 17.7. The van der Waals surface area contributed by atoms with Gasteiger partial charge in [0, 0.05) is 17.4 Å². The Morgan fingerprint density at radius 2 is 2.04 bits per heavy atom. The Bertz CT molecular complexity index is 1030. The van der Waals surface area contributed by atoms with Gasteiger partial charge in [-0.3, -0.25) is 10.1 Å². The molecular formula is C20H18N4O4. The first-order valence-corrected chi connectivity index (χ1v) is 8.65. The molecule has 0 unspecified atom stereocenters. The predicted molar refractivity (Wildman–Crippen MR) is 104 cm³/mol. The molecule has 0 fully saturated rings. The fourth-order valence-electron chi connectivity index (χ4n) is 3.10. The Kier molecular flexibility index (Phi) is 4.77. The van der Waals surface area contributed by atoms with Gasteiger partial charge in [0.15, 0.2) is 5.78 Å². The molecule has 4 rings (SSSR count). The van der Waals surface area contributed by atoms with Crippen LogP contribution in [0.3, 0.4) is 0 Å². The predicted octanol–water partition coefficient (Wildman–Crippen LogP) is 3.71. The molecule has 1 aliphatic rings. The molecule has 0 aliphatic carbocycles. The van der Waals surface area contributed by atoms with E-state index in [0.717, 1.165) is 11.3 Å². The third kappa shape index (κ3) is 3.45. The number of hydrogen-bond donors (Lipinski definition) is 3. The largest absolute Gasteiger partial charge is 0.453 e. The lowest BCUT2D eigenvalue weighted by molar-refractivity contribution is 0.0660. The van der Waals surface area contributed by atoms with Gasteiger partial charge in [0.2, 0.25) is 0 Å². The molecule has 8 nitrogen and oxygen atoms in total. The maximum absolute atomic E-state index is 12.5. The Morgan fingerprint density at radius 1 is 1.21 bits per heavy atom. The third-order valence-corrected chi connectivity index (χ3v) is 4.34. The van der Waals surface area contributed by atoms with Crippen LogP contribution in [0.1, 0.15) is 16.1 Å². The second-order valence-corrected chi connectivity index (χ2v) is 6.18. The number of anilines is 3. The maximum atomic E-state index is 12.5. The van der Waals surface area contributed by atoms with Crippen LogP contribution in [0.4, 0.5) is 22.0 Å². The van der Waals surface area contributed by atoms with E-state index in [-0.39, 0.29) is 12.4 Å². The van der Waals surface area contributed by atoms with E-state index in [0.29, 0.717) is 35.1 Å². The summed E-state index contributed by atoms with van der Waals surface area (Å²) in [5, 5.41) is 5.88. The molecule has 1 amide bonds. The Hall–Kier alpha value is -3.65. The number of pyridine rings is 1. The van der Waals surface area contributed by atoms with E-state index in [1.807, 2.05) is 30.3 Å². The van der Waals surface area contributed by atoms with Gasteiger partial charge in [0.25, 0.3) is 0 Å². The standard InChI is InChI=1S/C20H18N4O4/c1-27-20(26)24-16-9-12(7-8-21-16)18-19(22-13-5-3-2-4-6-13)17-14(23-18)10-28-11-15(17)25/h2-9,22-23H,10-11H2,1H3,(H,21,24,26). The highest BCUT2D eigenvalue weighted by Gasteiger charge is 2.27. The topological polar surface area (TPSA) is 105 Å². The number of ketones is 1. The van der Waals surface area contributed by atoms with Crippen molar-refractivity contribution in [3.63, 3.8) is 0 Å². The summed E-state index contributed by atoms with van der Waals surface area (Å²) in [7, 11) is 1.28. The zero-order valence-corrected chi connectivity index (χ0v) is 15.1. The molecule has 2 aromatic heterocycles. The van der Waals surface area contributed by atoms with Crippen molar-refractivity contribution in [3.05, 3.63) is 59.9 Å². The SMILES string of the molecule is COC(=O)Nc1cc(-c2[nH]c3c(c2Nc2ccccc2)C(=O)COC3)ccn1. The zero-order valence-electron chi connectivity index (χ0n) is 15.1. The van der Waals surface area contributed by atoms with Gasteiger partial charge in [0.1, 0.15) is 12.4 Å². The number of carbonyl (C=O) groups is 2. The summed E-state index contributed by atoms with van der Waals surface area (Å²) in [5.41, 5.74) is 4.29. The first-order valence-electron chi connectivity index (χ1n) is 8.65. The molecular weight excluding hydrogens is 360 g/mol. The number of nitrogens with zero attached hydrogens (tertiary/aromatic N) is 1. The number of benzene rings is 1. The highest BCUT2D eigenvalue weighted by Crippen LogP contribution is 2.37. The first-order chi connectivity index (χ1) is 13.7. The minimum Gasteiger partial charge on any atom is -0.453 e. The summed E-state index contributed by atoms with van der Waals surface area (Å²) >= 11 is 0. The summed E-state index contributed by atoms with van der Waals surface area (Å²) in [6.45, 7) is 0.363. The van der Waals surface area contributed by atoms with Crippen molar-refractivity contribution in [2.75, 3.05) is 24.4 Å². The van der Waals surface area contributed by atoms with Gasteiger partial charge in [-0.1, -0.05) is 18.2 Å². The molecule has 0 saturated heterocycles. The Morgan fingerprint density at radius 3 is 2.82 bits per heavy atom. The van der Waals surface area contributed by atoms with Crippen molar-refractivity contribution in [1.82, 2.24) is 9.97 Å². The lowest BCUT2D eigenvalue weighted by atomic mass is 10.0. The fraction of sp³-hybridized carbons (Fsp3) is 0.150. The van der Waals surface area contributed by atoms with E-state index in [1.165, 1.54) is 7.11 Å². The molecule has 0 atom stereocenters. The third-order valence-electron chi connectivity index (χ3n) is 4.34. The molecule has 0 spiro atoms. The van der Waals surface area contributed by atoms with Gasteiger partial charge in [-0.05, 0) is 24.3 Å². The van der Waals surface area contributed by atoms with Gasteiger partial charge in [-0.25, -0.2) is 9.78 Å². The minimum atomic E-state index is -0.610. The fourth-order valence-corrected chi connectivity index (χ4v) is 3.10. The van der Waals surface area contributed by atoms with Crippen LogP contribution in [0.15, 0.2) is 48.7 Å². The highest BCUT2D eigenvalue weighted by atomic mass is 16.5. The highest BCUT2D eigenvalue weighted by molar-refractivity contribution is 6.07. The normalized spacial score (nSPS) is 13.0. The molecule has 0 saturated carbocycles. The van der Waals surface area contributed by atoms with Crippen LogP contribution in [0.2, 0.25) is 0 Å². The number of nitrogens with one attached hydrogen (secondary N) is 3. The number of para-hydroxylation sites is 1. The number of carbonyl (C=O) groups excluding carboxylic acids is 2. The van der Waals surface area contributed by atoms with Crippen molar-refractivity contribution >= 4 is 29.1 Å². The number of aromatic nitrogens is 2. The second kappa shape index (κ2) is 7.53. The van der Waals surface area contributed by atoms with E-state index in [4.69, 9.17) is 4.74 Å². The van der Waals surface area contributed by atoms with E-state index in [1.54, 1.807) is 18.3 Å². The lowest BCUT2D eigenvalue weighted by Gasteiger charge is -2.14. The molecule has 0 radical (unpaired) electrons. The van der Waals surface area contributed by atoms with Crippen LogP contribution in [-0.2, 0) is 16.1 Å². The summed E-state index contributed by atoms with van der Waals surface area (Å²) in [5.74, 6) is 0.245. The molecule has 3 aromatic rings. The van der Waals surface area contributed by atoms with Crippen molar-refractivity contribution in [3.8, 4) is 11.3 Å². The van der Waals surface area contributed by atoms with Gasteiger partial charge in [-0.2, -0.15) is 0 Å². The maximum Gasteiger partial charge on any atom is 0.412 e. The van der Waals surface area contributed by atoms with Crippen molar-refractivity contribution in [1.29, 1.82) is 0 Å². The molecule has 0 bridgehead atoms. The molecule has 28 heavy (non-hydrogen) atoms. The average molecular weight is 378 g/mol. The number of aromatic amines is 1. The van der Waals surface area contributed by atoms with E-state index >= 15 is 0 Å². The van der Waals surface area contributed by atoms with E-state index in [2.05, 4.69) is 25.3 Å². The van der Waals surface area contributed by atoms with Gasteiger partial charge >= 0.3 is 6.09 Å². The Balaban J connectivity index is 1.79. The molecule has 142 valence electrons. The van der Waals surface area contributed by atoms with Crippen LogP contribution >= 0.6 is 0 Å². The van der Waals surface area contributed by atoms with Crippen molar-refractivity contribution in [2.24, 2.45) is 0 Å². The summed E-state index contributed by atoms with van der Waals surface area (Å²) in [6, 6.07) is 13.1. The Labute approximate surface area is 160 Å². The second-order valence-electron chi connectivity index (χ2n) is 6.18. The number of rotatable bonds is 4. The van der Waals surface area contributed by atoms with Crippen LogP contribution in [0, 0.1) is 0 Å². The lowest BCUT2D eigenvalue weighted by Crippen LogP contribution is -2.18. The van der Waals surface area contributed by atoms with Gasteiger partial charge < -0.3 is 19.8 Å². The smallest absolute Gasteiger partial charge is 0.412 e. The van der Waals surface area contributed by atoms with Crippen LogP contribution < -0.4 is 10.6 Å². The number of Topliss-reactive ketones (excluding diaryl/α,β-unsaturated/α-hetero) is 1. The zero-order chi connectivity index (χ0) is 19.5. The average Bonchev–Trinajstić information content (AvgIpc) is 3.08. The number of amides is 1. The summed E-state index contributed by atoms with van der Waals surface area (Å²) in [6.07, 6.45) is 0.965. The number of hydrogen-bond acceptors (Lipinski definition) is 6. The van der Waals surface area contributed by atoms with Crippen molar-refractivity contribution in [2.45, 2.75) is 6.61 Å². The van der Waals surface area contributed by atoms with Crippen LogP contribution in [0.25, 0.3) is 11.3 Å². The number of fused-ring (bicyclic) bond motifs is 1. The summed E-state index contributed by atoms with van der Waals surface area (Å²) in [4.78, 5) is 31.4. The van der Waals surface area contributed by atoms with E-state index < -0.39 is 6.09 Å². The van der Waals surface area contributed by atoms with Crippen LogP contribution in [0.5, 0.6) is 0 Å². The molecule has 8 heteroatoms. The molecule has 3 heterocycles. The molecule has 1 aromatic carbocycles. The molecule has 1 aliphatic heterocycles. The van der Waals surface area contributed by atoms with Crippen molar-refractivity contribution < 1.29 is 19.1 Å².